The molecule has 0 fully saturated rings. The number of carbonyl (C=O) groups is 3. The molecule has 7 heteroatoms. The number of benzene rings is 1. The van der Waals surface area contributed by atoms with Crippen LogP contribution >= 0.6 is 0 Å². The molecule has 0 aliphatic carbocycles. The highest BCUT2D eigenvalue weighted by atomic mass is 16.5. The molecular weight excluding hydrogens is 240 g/mol. The zero-order valence-corrected chi connectivity index (χ0v) is 9.60. The summed E-state index contributed by atoms with van der Waals surface area (Å²) in [6.07, 6.45) is 0.448. The van der Waals surface area contributed by atoms with Gasteiger partial charge in [-0.25, -0.2) is 4.79 Å². The van der Waals surface area contributed by atoms with Crippen molar-refractivity contribution in [2.24, 2.45) is 0 Å². The van der Waals surface area contributed by atoms with Gasteiger partial charge in [0.1, 0.15) is 5.75 Å². The first-order chi connectivity index (χ1) is 8.58. The quantitative estimate of drug-likeness (QED) is 0.237. The van der Waals surface area contributed by atoms with Crippen LogP contribution in [0, 0.1) is 0 Å². The molecule has 0 saturated heterocycles. The molecule has 18 heavy (non-hydrogen) atoms. The minimum atomic E-state index is -1.05. The zero-order valence-electron chi connectivity index (χ0n) is 9.60. The number of hydrogen-bond donors (Lipinski definition) is 3. The first-order valence-electron chi connectivity index (χ1n) is 5.09. The maximum Gasteiger partial charge on any atom is 0.397 e. The van der Waals surface area contributed by atoms with Gasteiger partial charge < -0.3 is 20.5 Å². The van der Waals surface area contributed by atoms with E-state index in [0.29, 0.717) is 12.1 Å². The summed E-state index contributed by atoms with van der Waals surface area (Å²) in [6, 6.07) is 4.01. The van der Waals surface area contributed by atoms with Crippen molar-refractivity contribution in [2.45, 2.75) is 6.92 Å². The van der Waals surface area contributed by atoms with E-state index in [-0.39, 0.29) is 18.0 Å². The third kappa shape index (κ3) is 3.48. The van der Waals surface area contributed by atoms with Crippen LogP contribution in [0.15, 0.2) is 18.2 Å². The number of hydrogen-bond acceptors (Lipinski definition) is 5. The van der Waals surface area contributed by atoms with E-state index in [1.54, 1.807) is 6.92 Å². The molecule has 0 heterocycles. The summed E-state index contributed by atoms with van der Waals surface area (Å²) >= 11 is 0. The molecule has 0 saturated carbocycles. The van der Waals surface area contributed by atoms with E-state index in [0.717, 1.165) is 0 Å². The number of nitrogens with one attached hydrogen (secondary N) is 2. The molecule has 7 nitrogen and oxygen atoms in total. The summed E-state index contributed by atoms with van der Waals surface area (Å²) in [6.45, 7) is 1.64. The van der Waals surface area contributed by atoms with Crippen LogP contribution in [0.2, 0.25) is 0 Å². The molecule has 0 aliphatic heterocycles. The number of anilines is 2. The summed E-state index contributed by atoms with van der Waals surface area (Å²) < 4.78 is 4.49. The average molecular weight is 252 g/mol. The second kappa shape index (κ2) is 6.24. The van der Waals surface area contributed by atoms with Crippen LogP contribution in [0.4, 0.5) is 11.4 Å². The maximum absolute atomic E-state index is 11.3. The van der Waals surface area contributed by atoms with E-state index in [9.17, 15) is 19.5 Å². The van der Waals surface area contributed by atoms with Crippen molar-refractivity contribution < 1.29 is 24.2 Å². The SMILES string of the molecule is CCOC(=O)C(=O)Nc1cc(NC=O)ccc1O. The number of phenols is 1. The van der Waals surface area contributed by atoms with Gasteiger partial charge in [-0.05, 0) is 25.1 Å². The van der Waals surface area contributed by atoms with E-state index in [1.165, 1.54) is 18.2 Å². The molecule has 0 bridgehead atoms. The summed E-state index contributed by atoms with van der Waals surface area (Å²) in [7, 11) is 0. The smallest absolute Gasteiger partial charge is 0.397 e. The Labute approximate surface area is 103 Å². The van der Waals surface area contributed by atoms with E-state index < -0.39 is 11.9 Å². The predicted octanol–water partition coefficient (Wildman–Crippen LogP) is 0.462. The second-order valence-electron chi connectivity index (χ2n) is 3.17. The van der Waals surface area contributed by atoms with Crippen LogP contribution < -0.4 is 10.6 Å². The van der Waals surface area contributed by atoms with Crippen LogP contribution in [0.3, 0.4) is 0 Å². The van der Waals surface area contributed by atoms with Gasteiger partial charge >= 0.3 is 11.9 Å². The average Bonchev–Trinajstić information content (AvgIpc) is 2.34. The Bertz CT molecular complexity index is 473. The Balaban J connectivity index is 2.82. The predicted molar refractivity (Wildman–Crippen MR) is 63.1 cm³/mol. The fraction of sp³-hybridized carbons (Fsp3) is 0.182. The largest absolute Gasteiger partial charge is 0.506 e. The number of esters is 1. The minimum Gasteiger partial charge on any atom is -0.506 e. The fourth-order valence-electron chi connectivity index (χ4n) is 1.16. The summed E-state index contributed by atoms with van der Waals surface area (Å²) in [5, 5.41) is 14.0. The molecule has 0 atom stereocenters. The Hall–Kier alpha value is -2.57. The molecule has 2 amide bonds. The number of phenolic OH excluding ortho intramolecular Hbond substituents is 1. The van der Waals surface area contributed by atoms with Crippen LogP contribution in [0.5, 0.6) is 5.75 Å². The van der Waals surface area contributed by atoms with Crippen molar-refractivity contribution >= 4 is 29.7 Å². The van der Waals surface area contributed by atoms with Crippen molar-refractivity contribution in [2.75, 3.05) is 17.2 Å². The van der Waals surface area contributed by atoms with Gasteiger partial charge in [0.25, 0.3) is 0 Å². The highest BCUT2D eigenvalue weighted by molar-refractivity contribution is 6.37. The fourth-order valence-corrected chi connectivity index (χ4v) is 1.16. The summed E-state index contributed by atoms with van der Waals surface area (Å²) in [4.78, 5) is 32.7. The van der Waals surface area contributed by atoms with Gasteiger partial charge in [0, 0.05) is 5.69 Å². The molecular formula is C11H12N2O5. The van der Waals surface area contributed by atoms with Crippen molar-refractivity contribution in [1.82, 2.24) is 0 Å². The Morgan fingerprint density at radius 2 is 2.17 bits per heavy atom. The summed E-state index contributed by atoms with van der Waals surface area (Å²) in [5.41, 5.74) is 0.363. The molecule has 0 aromatic heterocycles. The number of aromatic hydroxyl groups is 1. The highest BCUT2D eigenvalue weighted by Crippen LogP contribution is 2.26. The third-order valence-electron chi connectivity index (χ3n) is 1.93. The van der Waals surface area contributed by atoms with Crippen LogP contribution in [-0.4, -0.2) is 30.0 Å². The number of amides is 2. The van der Waals surface area contributed by atoms with Gasteiger partial charge in [0.15, 0.2) is 0 Å². The molecule has 0 aliphatic rings. The highest BCUT2D eigenvalue weighted by Gasteiger charge is 2.16. The second-order valence-corrected chi connectivity index (χ2v) is 3.17. The van der Waals surface area contributed by atoms with Crippen molar-refractivity contribution in [3.05, 3.63) is 18.2 Å². The van der Waals surface area contributed by atoms with E-state index >= 15 is 0 Å². The Morgan fingerprint density at radius 1 is 1.44 bits per heavy atom. The first kappa shape index (κ1) is 13.5. The Morgan fingerprint density at radius 3 is 2.78 bits per heavy atom. The monoisotopic (exact) mass is 252 g/mol. The van der Waals surface area contributed by atoms with Gasteiger partial charge in [0.2, 0.25) is 6.41 Å². The van der Waals surface area contributed by atoms with Crippen LogP contribution in [0.1, 0.15) is 6.92 Å². The van der Waals surface area contributed by atoms with Crippen molar-refractivity contribution in [3.8, 4) is 5.75 Å². The Kier molecular flexibility index (Phi) is 4.67. The number of carbonyl (C=O) groups excluding carboxylic acids is 3. The lowest BCUT2D eigenvalue weighted by Crippen LogP contribution is -2.25. The van der Waals surface area contributed by atoms with Crippen LogP contribution in [-0.2, 0) is 19.1 Å². The molecule has 0 unspecified atom stereocenters. The minimum absolute atomic E-state index is 0.0000898. The number of rotatable bonds is 4. The molecule has 0 radical (unpaired) electrons. The lowest BCUT2D eigenvalue weighted by molar-refractivity contribution is -0.152. The van der Waals surface area contributed by atoms with Gasteiger partial charge in [-0.2, -0.15) is 0 Å². The molecule has 96 valence electrons. The molecule has 3 N–H and O–H groups in total. The van der Waals surface area contributed by atoms with Gasteiger partial charge in [-0.1, -0.05) is 0 Å². The maximum atomic E-state index is 11.3. The summed E-state index contributed by atoms with van der Waals surface area (Å²) in [5.74, 6) is -2.29. The van der Waals surface area contributed by atoms with Gasteiger partial charge in [-0.15, -0.1) is 0 Å². The van der Waals surface area contributed by atoms with Gasteiger partial charge in [-0.3, -0.25) is 9.59 Å². The molecule has 0 spiro atoms. The van der Waals surface area contributed by atoms with E-state index in [2.05, 4.69) is 15.4 Å². The topological polar surface area (TPSA) is 105 Å². The molecule has 1 aromatic carbocycles. The lowest BCUT2D eigenvalue weighted by atomic mass is 10.2. The van der Waals surface area contributed by atoms with Crippen LogP contribution in [0.25, 0.3) is 0 Å². The molecule has 1 aromatic rings. The standard InChI is InChI=1S/C11H12N2O5/c1-2-18-11(17)10(16)13-8-5-7(12-6-14)3-4-9(8)15/h3-6,15H,2H2,1H3,(H,12,14)(H,13,16). The van der Waals surface area contributed by atoms with E-state index in [1.807, 2.05) is 0 Å². The zero-order chi connectivity index (χ0) is 13.5. The van der Waals surface area contributed by atoms with Crippen molar-refractivity contribution in [3.63, 3.8) is 0 Å². The molecule has 1 rings (SSSR count). The third-order valence-corrected chi connectivity index (χ3v) is 1.93. The van der Waals surface area contributed by atoms with Gasteiger partial charge in [0.05, 0.1) is 12.3 Å². The van der Waals surface area contributed by atoms with Crippen molar-refractivity contribution in [1.29, 1.82) is 0 Å². The lowest BCUT2D eigenvalue weighted by Gasteiger charge is -2.08. The first-order valence-corrected chi connectivity index (χ1v) is 5.09. The number of ether oxygens (including phenoxy) is 1. The normalized spacial score (nSPS) is 9.39. The van der Waals surface area contributed by atoms with E-state index in [4.69, 9.17) is 0 Å².